The van der Waals surface area contributed by atoms with E-state index in [2.05, 4.69) is 6.92 Å². The van der Waals surface area contributed by atoms with Crippen molar-refractivity contribution in [2.24, 2.45) is 28.6 Å². The van der Waals surface area contributed by atoms with Gasteiger partial charge in [0.05, 0.1) is 17.6 Å². The number of aliphatic hydroxyl groups excluding tert-OH is 2. The fourth-order valence-electron chi connectivity index (χ4n) is 6.14. The molecule has 3 rings (SSSR count). The predicted octanol–water partition coefficient (Wildman–Crippen LogP) is 1.30. The molecule has 0 spiro atoms. The van der Waals surface area contributed by atoms with Crippen molar-refractivity contribution in [2.45, 2.75) is 65.3 Å². The van der Waals surface area contributed by atoms with Gasteiger partial charge in [0.1, 0.15) is 11.9 Å². The van der Waals surface area contributed by atoms with Gasteiger partial charge < -0.3 is 14.9 Å². The number of hydrogen-bond acceptors (Lipinski definition) is 5. The number of aliphatic hydroxyl groups is 2. The molecular weight excluding hydrogens is 284 g/mol. The minimum Gasteiger partial charge on any atom is -0.462 e. The molecule has 3 saturated carbocycles. The molecule has 0 aromatic carbocycles. The summed E-state index contributed by atoms with van der Waals surface area (Å²) in [5, 5.41) is 21.5. The Kier molecular flexibility index (Phi) is 3.46. The van der Waals surface area contributed by atoms with Crippen molar-refractivity contribution < 1.29 is 24.5 Å². The highest BCUT2D eigenvalue weighted by molar-refractivity contribution is 5.93. The number of ether oxygens (including phenoxy) is 1. The standard InChI is InChI=1S/C17H26O5/c1-8-5-6-12(19)17-13(20)7-11(22-10(3)18)14(16(8,17)4)9(2)15(17)21/h8-9,11-14,19-20H,5-7H2,1-4H3/t8-,9?,11-,12-,13-,14-,16-,17-/m0/s1. The molecule has 22 heavy (non-hydrogen) atoms. The maximum absolute atomic E-state index is 13.1. The van der Waals surface area contributed by atoms with Crippen LogP contribution in [-0.2, 0) is 14.3 Å². The van der Waals surface area contributed by atoms with Gasteiger partial charge in [-0.2, -0.15) is 0 Å². The molecular formula is C17H26O5. The number of ketones is 1. The number of carbonyl (C=O) groups is 2. The minimum atomic E-state index is -1.11. The second-order valence-electron chi connectivity index (χ2n) is 7.72. The van der Waals surface area contributed by atoms with Crippen LogP contribution in [0.25, 0.3) is 0 Å². The highest BCUT2D eigenvalue weighted by Gasteiger charge is 2.77. The Hall–Kier alpha value is -0.940. The van der Waals surface area contributed by atoms with Gasteiger partial charge in [-0.25, -0.2) is 0 Å². The molecule has 0 amide bonds. The lowest BCUT2D eigenvalue weighted by molar-refractivity contribution is -0.228. The van der Waals surface area contributed by atoms with Crippen LogP contribution >= 0.6 is 0 Å². The van der Waals surface area contributed by atoms with Gasteiger partial charge in [0.25, 0.3) is 0 Å². The lowest BCUT2D eigenvalue weighted by atomic mass is 9.45. The zero-order valence-corrected chi connectivity index (χ0v) is 13.7. The maximum atomic E-state index is 13.1. The van der Waals surface area contributed by atoms with Gasteiger partial charge in [0.15, 0.2) is 0 Å². The lowest BCUT2D eigenvalue weighted by Crippen LogP contribution is -2.67. The molecule has 3 fully saturated rings. The Bertz CT molecular complexity index is 517. The second kappa shape index (κ2) is 4.78. The van der Waals surface area contributed by atoms with Crippen LogP contribution in [0.2, 0.25) is 0 Å². The fraction of sp³-hybridized carbons (Fsp3) is 0.882. The van der Waals surface area contributed by atoms with Crippen molar-refractivity contribution in [1.82, 2.24) is 0 Å². The first-order chi connectivity index (χ1) is 10.2. The van der Waals surface area contributed by atoms with Crippen molar-refractivity contribution in [3.05, 3.63) is 0 Å². The van der Waals surface area contributed by atoms with Gasteiger partial charge in [-0.15, -0.1) is 0 Å². The van der Waals surface area contributed by atoms with Gasteiger partial charge in [0.2, 0.25) is 0 Å². The fourth-order valence-corrected chi connectivity index (χ4v) is 6.14. The number of rotatable bonds is 1. The smallest absolute Gasteiger partial charge is 0.302 e. The third kappa shape index (κ3) is 1.56. The number of esters is 1. The second-order valence-corrected chi connectivity index (χ2v) is 7.72. The molecule has 0 saturated heterocycles. The van der Waals surface area contributed by atoms with E-state index in [0.29, 0.717) is 6.42 Å². The summed E-state index contributed by atoms with van der Waals surface area (Å²) in [4.78, 5) is 24.5. The third-order valence-corrected chi connectivity index (χ3v) is 7.07. The summed E-state index contributed by atoms with van der Waals surface area (Å²) in [6.45, 7) is 7.30. The van der Waals surface area contributed by atoms with Crippen LogP contribution in [0.4, 0.5) is 0 Å². The third-order valence-electron chi connectivity index (χ3n) is 7.07. The van der Waals surface area contributed by atoms with Gasteiger partial charge in [-0.05, 0) is 24.2 Å². The average molecular weight is 310 g/mol. The summed E-state index contributed by atoms with van der Waals surface area (Å²) in [7, 11) is 0. The predicted molar refractivity (Wildman–Crippen MR) is 78.8 cm³/mol. The molecule has 3 aliphatic carbocycles. The molecule has 8 atom stereocenters. The first-order valence-corrected chi connectivity index (χ1v) is 8.26. The summed E-state index contributed by atoms with van der Waals surface area (Å²) >= 11 is 0. The van der Waals surface area contributed by atoms with Gasteiger partial charge in [-0.3, -0.25) is 9.59 Å². The topological polar surface area (TPSA) is 83.8 Å². The quantitative estimate of drug-likeness (QED) is 0.713. The maximum Gasteiger partial charge on any atom is 0.302 e. The van der Waals surface area contributed by atoms with Crippen LogP contribution in [0.5, 0.6) is 0 Å². The van der Waals surface area contributed by atoms with Crippen LogP contribution in [0, 0.1) is 28.6 Å². The molecule has 124 valence electrons. The molecule has 0 aromatic heterocycles. The average Bonchev–Trinajstić information content (AvgIpc) is 2.55. The summed E-state index contributed by atoms with van der Waals surface area (Å²) in [6, 6.07) is 0. The molecule has 1 unspecified atom stereocenters. The Morgan fingerprint density at radius 1 is 1.23 bits per heavy atom. The molecule has 0 heterocycles. The van der Waals surface area contributed by atoms with Crippen molar-refractivity contribution >= 4 is 11.8 Å². The zero-order chi connectivity index (χ0) is 16.4. The first kappa shape index (κ1) is 15.9. The van der Waals surface area contributed by atoms with Crippen molar-refractivity contribution in [3.8, 4) is 0 Å². The van der Waals surface area contributed by atoms with Gasteiger partial charge in [-0.1, -0.05) is 20.8 Å². The summed E-state index contributed by atoms with van der Waals surface area (Å²) in [5.74, 6) is -0.716. The van der Waals surface area contributed by atoms with E-state index in [0.717, 1.165) is 6.42 Å². The van der Waals surface area contributed by atoms with Gasteiger partial charge >= 0.3 is 5.97 Å². The first-order valence-electron chi connectivity index (χ1n) is 8.26. The molecule has 3 aliphatic rings. The van der Waals surface area contributed by atoms with Crippen LogP contribution in [0.15, 0.2) is 0 Å². The van der Waals surface area contributed by atoms with E-state index in [-0.39, 0.29) is 35.9 Å². The lowest BCUT2D eigenvalue weighted by Gasteiger charge is -2.60. The number of hydrogen-bond donors (Lipinski definition) is 2. The molecule has 0 aliphatic heterocycles. The van der Waals surface area contributed by atoms with E-state index in [9.17, 15) is 19.8 Å². The molecule has 5 nitrogen and oxygen atoms in total. The van der Waals surface area contributed by atoms with Crippen LogP contribution in [0.1, 0.15) is 47.0 Å². The Morgan fingerprint density at radius 2 is 1.86 bits per heavy atom. The van der Waals surface area contributed by atoms with E-state index in [1.165, 1.54) is 6.92 Å². The van der Waals surface area contributed by atoms with Crippen molar-refractivity contribution in [2.75, 3.05) is 0 Å². The SMILES string of the molecule is CC(=O)O[C@H]1C[C@H](O)[C@@]23C(=O)C(C)[C@@H]1[C@]2(C)[C@@H](C)CC[C@@H]3O. The van der Waals surface area contributed by atoms with E-state index < -0.39 is 29.1 Å². The van der Waals surface area contributed by atoms with Crippen LogP contribution < -0.4 is 0 Å². The number of carbonyl (C=O) groups excluding carboxylic acids is 2. The highest BCUT2D eigenvalue weighted by Crippen LogP contribution is 2.70. The summed E-state index contributed by atoms with van der Waals surface area (Å²) in [5.41, 5.74) is -1.65. The minimum absolute atomic E-state index is 0.0544. The van der Waals surface area contributed by atoms with Crippen molar-refractivity contribution in [1.29, 1.82) is 0 Å². The van der Waals surface area contributed by atoms with Crippen LogP contribution in [0.3, 0.4) is 0 Å². The van der Waals surface area contributed by atoms with E-state index >= 15 is 0 Å². The molecule has 0 radical (unpaired) electrons. The zero-order valence-electron chi connectivity index (χ0n) is 13.7. The van der Waals surface area contributed by atoms with Gasteiger partial charge in [0, 0.05) is 25.2 Å². The summed E-state index contributed by atoms with van der Waals surface area (Å²) in [6.07, 6.45) is -0.651. The van der Waals surface area contributed by atoms with E-state index in [4.69, 9.17) is 4.74 Å². The Morgan fingerprint density at radius 3 is 2.45 bits per heavy atom. The normalized spacial score (nSPS) is 54.0. The summed E-state index contributed by atoms with van der Waals surface area (Å²) < 4.78 is 5.47. The number of Topliss-reactive ketones (excluding diaryl/α,β-unsaturated/α-hetero) is 1. The molecule has 2 N–H and O–H groups in total. The molecule has 2 bridgehead atoms. The highest BCUT2D eigenvalue weighted by atomic mass is 16.5. The monoisotopic (exact) mass is 310 g/mol. The van der Waals surface area contributed by atoms with E-state index in [1.54, 1.807) is 0 Å². The molecule has 5 heteroatoms. The Labute approximate surface area is 131 Å². The van der Waals surface area contributed by atoms with Crippen molar-refractivity contribution in [3.63, 3.8) is 0 Å². The largest absolute Gasteiger partial charge is 0.462 e. The Balaban J connectivity index is 2.17. The molecule has 0 aromatic rings. The van der Waals surface area contributed by atoms with E-state index in [1.807, 2.05) is 13.8 Å². The van der Waals surface area contributed by atoms with Crippen LogP contribution in [-0.4, -0.2) is 40.3 Å².